The van der Waals surface area contributed by atoms with Gasteiger partial charge in [-0.25, -0.2) is 8.42 Å². The number of anilines is 1. The lowest BCUT2D eigenvalue weighted by Crippen LogP contribution is -2.12. The zero-order chi connectivity index (χ0) is 14.8. The number of rotatable bonds is 3. The first-order valence-electron chi connectivity index (χ1n) is 5.71. The normalized spacial score (nSPS) is 10.8. The third kappa shape index (κ3) is 3.18. The highest BCUT2D eigenvalue weighted by atomic mass is 79.9. The van der Waals surface area contributed by atoms with E-state index in [1.165, 1.54) is 0 Å². The molecule has 4 nitrogen and oxygen atoms in total. The smallest absolute Gasteiger partial charge is 0.261 e. The Labute approximate surface area is 126 Å². The number of halogens is 1. The molecule has 0 saturated carbocycles. The molecule has 0 aliphatic heterocycles. The standard InChI is InChI=1S/C14H11BrN2O2S/c1-10-2-6-13(7-3-10)20(18,19)17-12-5-4-11(9-16)14(15)8-12/h2-8,17H,1H3. The predicted molar refractivity (Wildman–Crippen MR) is 80.8 cm³/mol. The monoisotopic (exact) mass is 350 g/mol. The number of hydrogen-bond donors (Lipinski definition) is 1. The number of nitrogens with one attached hydrogen (secondary N) is 1. The number of aryl methyl sites for hydroxylation is 1. The van der Waals surface area contributed by atoms with E-state index in [2.05, 4.69) is 20.7 Å². The van der Waals surface area contributed by atoms with E-state index in [1.807, 2.05) is 13.0 Å². The molecule has 2 rings (SSSR count). The van der Waals surface area contributed by atoms with Gasteiger partial charge in [0, 0.05) is 4.47 Å². The van der Waals surface area contributed by atoms with Crippen molar-refractivity contribution >= 4 is 31.6 Å². The van der Waals surface area contributed by atoms with Gasteiger partial charge in [0.25, 0.3) is 10.0 Å². The Bertz CT molecular complexity index is 778. The van der Waals surface area contributed by atoms with E-state index >= 15 is 0 Å². The molecule has 2 aromatic carbocycles. The van der Waals surface area contributed by atoms with Gasteiger partial charge in [-0.05, 0) is 53.2 Å². The summed E-state index contributed by atoms with van der Waals surface area (Å²) in [5.74, 6) is 0. The fourth-order valence-electron chi connectivity index (χ4n) is 1.60. The highest BCUT2D eigenvalue weighted by molar-refractivity contribution is 9.10. The molecular formula is C14H11BrN2O2S. The Hall–Kier alpha value is -1.84. The Morgan fingerprint density at radius 2 is 1.80 bits per heavy atom. The second-order valence-electron chi connectivity index (χ2n) is 4.22. The fraction of sp³-hybridized carbons (Fsp3) is 0.0714. The second-order valence-corrected chi connectivity index (χ2v) is 6.76. The Balaban J connectivity index is 2.31. The second kappa shape index (κ2) is 5.65. The molecule has 0 heterocycles. The van der Waals surface area contributed by atoms with E-state index in [0.29, 0.717) is 15.7 Å². The van der Waals surface area contributed by atoms with Gasteiger partial charge >= 0.3 is 0 Å². The van der Waals surface area contributed by atoms with E-state index in [4.69, 9.17) is 5.26 Å². The molecule has 0 spiro atoms. The van der Waals surface area contributed by atoms with Crippen LogP contribution in [-0.2, 0) is 10.0 Å². The van der Waals surface area contributed by atoms with E-state index in [0.717, 1.165) is 5.56 Å². The van der Waals surface area contributed by atoms with Crippen molar-refractivity contribution in [2.45, 2.75) is 11.8 Å². The summed E-state index contributed by atoms with van der Waals surface area (Å²) < 4.78 is 27.4. The average Bonchev–Trinajstić information content (AvgIpc) is 2.39. The van der Waals surface area contributed by atoms with Crippen molar-refractivity contribution in [1.29, 1.82) is 5.26 Å². The summed E-state index contributed by atoms with van der Waals surface area (Å²) in [5.41, 5.74) is 1.84. The van der Waals surface area contributed by atoms with Gasteiger partial charge in [-0.2, -0.15) is 5.26 Å². The minimum Gasteiger partial charge on any atom is -0.280 e. The molecule has 0 aliphatic carbocycles. The number of sulfonamides is 1. The fourth-order valence-corrected chi connectivity index (χ4v) is 3.12. The quantitative estimate of drug-likeness (QED) is 0.921. The van der Waals surface area contributed by atoms with Gasteiger partial charge in [0.2, 0.25) is 0 Å². The van der Waals surface area contributed by atoms with Crippen molar-refractivity contribution in [2.24, 2.45) is 0 Å². The predicted octanol–water partition coefficient (Wildman–Crippen LogP) is 3.43. The molecule has 0 aromatic heterocycles. The third-order valence-corrected chi connectivity index (χ3v) is 4.73. The summed E-state index contributed by atoms with van der Waals surface area (Å²) in [5, 5.41) is 8.83. The summed E-state index contributed by atoms with van der Waals surface area (Å²) in [6.45, 7) is 1.89. The molecule has 0 amide bonds. The van der Waals surface area contributed by atoms with Crippen LogP contribution in [0.15, 0.2) is 51.8 Å². The lowest BCUT2D eigenvalue weighted by Gasteiger charge is -2.09. The van der Waals surface area contributed by atoms with Crippen LogP contribution in [-0.4, -0.2) is 8.42 Å². The molecule has 102 valence electrons. The maximum absolute atomic E-state index is 12.2. The van der Waals surface area contributed by atoms with E-state index in [1.54, 1.807) is 42.5 Å². The van der Waals surface area contributed by atoms with E-state index < -0.39 is 10.0 Å². The van der Waals surface area contributed by atoms with Crippen molar-refractivity contribution in [3.8, 4) is 6.07 Å². The molecule has 0 aliphatic rings. The number of benzene rings is 2. The average molecular weight is 351 g/mol. The first-order chi connectivity index (χ1) is 9.42. The lowest BCUT2D eigenvalue weighted by atomic mass is 10.2. The Morgan fingerprint density at radius 1 is 1.15 bits per heavy atom. The Morgan fingerprint density at radius 3 is 2.35 bits per heavy atom. The first-order valence-corrected chi connectivity index (χ1v) is 7.99. The molecule has 6 heteroatoms. The number of nitrogens with zero attached hydrogens (tertiary/aromatic N) is 1. The molecule has 0 fully saturated rings. The minimum atomic E-state index is -3.62. The highest BCUT2D eigenvalue weighted by Crippen LogP contribution is 2.23. The van der Waals surface area contributed by atoms with Crippen LogP contribution in [0.1, 0.15) is 11.1 Å². The highest BCUT2D eigenvalue weighted by Gasteiger charge is 2.14. The van der Waals surface area contributed by atoms with Crippen LogP contribution in [0, 0.1) is 18.3 Å². The molecule has 0 saturated heterocycles. The molecule has 0 unspecified atom stereocenters. The third-order valence-electron chi connectivity index (χ3n) is 2.67. The van der Waals surface area contributed by atoms with Crippen molar-refractivity contribution in [1.82, 2.24) is 0 Å². The van der Waals surface area contributed by atoms with Crippen LogP contribution in [0.4, 0.5) is 5.69 Å². The van der Waals surface area contributed by atoms with Crippen LogP contribution in [0.2, 0.25) is 0 Å². The number of nitriles is 1. The van der Waals surface area contributed by atoms with Gasteiger partial charge < -0.3 is 0 Å². The summed E-state index contributed by atoms with van der Waals surface area (Å²) in [6, 6.07) is 13.2. The molecule has 0 atom stereocenters. The first kappa shape index (κ1) is 14.6. The van der Waals surface area contributed by atoms with Crippen molar-refractivity contribution in [3.63, 3.8) is 0 Å². The van der Waals surface area contributed by atoms with Crippen molar-refractivity contribution in [3.05, 3.63) is 58.1 Å². The molecule has 1 N–H and O–H groups in total. The molecule has 0 bridgehead atoms. The maximum Gasteiger partial charge on any atom is 0.261 e. The number of hydrogen-bond acceptors (Lipinski definition) is 3. The van der Waals surface area contributed by atoms with Gasteiger partial charge in [-0.1, -0.05) is 17.7 Å². The van der Waals surface area contributed by atoms with Crippen LogP contribution >= 0.6 is 15.9 Å². The van der Waals surface area contributed by atoms with Gasteiger partial charge in [-0.15, -0.1) is 0 Å². The van der Waals surface area contributed by atoms with Crippen LogP contribution < -0.4 is 4.72 Å². The largest absolute Gasteiger partial charge is 0.280 e. The van der Waals surface area contributed by atoms with Crippen molar-refractivity contribution < 1.29 is 8.42 Å². The topological polar surface area (TPSA) is 70.0 Å². The van der Waals surface area contributed by atoms with Gasteiger partial charge in [0.15, 0.2) is 0 Å². The minimum absolute atomic E-state index is 0.198. The lowest BCUT2D eigenvalue weighted by molar-refractivity contribution is 0.601. The Kier molecular flexibility index (Phi) is 4.12. The zero-order valence-corrected chi connectivity index (χ0v) is 13.0. The van der Waals surface area contributed by atoms with E-state index in [9.17, 15) is 8.42 Å². The summed E-state index contributed by atoms with van der Waals surface area (Å²) in [7, 11) is -3.62. The molecular weight excluding hydrogens is 340 g/mol. The van der Waals surface area contributed by atoms with Gasteiger partial charge in [0.05, 0.1) is 16.1 Å². The maximum atomic E-state index is 12.2. The van der Waals surface area contributed by atoms with Crippen LogP contribution in [0.3, 0.4) is 0 Å². The van der Waals surface area contributed by atoms with Gasteiger partial charge in [-0.3, -0.25) is 4.72 Å². The van der Waals surface area contributed by atoms with Gasteiger partial charge in [0.1, 0.15) is 6.07 Å². The molecule has 20 heavy (non-hydrogen) atoms. The summed E-state index contributed by atoms with van der Waals surface area (Å²) in [4.78, 5) is 0.198. The summed E-state index contributed by atoms with van der Waals surface area (Å²) in [6.07, 6.45) is 0. The van der Waals surface area contributed by atoms with E-state index in [-0.39, 0.29) is 4.90 Å². The van der Waals surface area contributed by atoms with Crippen LogP contribution in [0.25, 0.3) is 0 Å². The molecule has 2 aromatic rings. The SMILES string of the molecule is Cc1ccc(S(=O)(=O)Nc2ccc(C#N)c(Br)c2)cc1. The molecule has 0 radical (unpaired) electrons. The zero-order valence-electron chi connectivity index (χ0n) is 10.6. The van der Waals surface area contributed by atoms with Crippen LogP contribution in [0.5, 0.6) is 0 Å². The summed E-state index contributed by atoms with van der Waals surface area (Å²) >= 11 is 3.22. The van der Waals surface area contributed by atoms with Crippen molar-refractivity contribution in [2.75, 3.05) is 4.72 Å².